The number of rotatable bonds is 7. The van der Waals surface area contributed by atoms with E-state index in [0.29, 0.717) is 11.3 Å². The minimum absolute atomic E-state index is 0.0957. The van der Waals surface area contributed by atoms with Gasteiger partial charge in [0, 0.05) is 25.5 Å². The van der Waals surface area contributed by atoms with Gasteiger partial charge in [-0.05, 0) is 43.3 Å². The topological polar surface area (TPSA) is 70.7 Å². The number of esters is 1. The zero-order valence-electron chi connectivity index (χ0n) is 14.7. The molecule has 0 saturated heterocycles. The Kier molecular flexibility index (Phi) is 6.39. The van der Waals surface area contributed by atoms with E-state index in [0.717, 1.165) is 11.4 Å². The van der Waals surface area contributed by atoms with Crippen LogP contribution in [-0.2, 0) is 9.53 Å². The molecule has 6 heteroatoms. The maximum absolute atomic E-state index is 12.2. The van der Waals surface area contributed by atoms with Crippen molar-refractivity contribution in [2.75, 3.05) is 42.8 Å². The first-order valence-corrected chi connectivity index (χ1v) is 8.08. The van der Waals surface area contributed by atoms with E-state index < -0.39 is 5.97 Å². The Morgan fingerprint density at radius 3 is 2.36 bits per heavy atom. The summed E-state index contributed by atoms with van der Waals surface area (Å²) in [5, 5.41) is 5.80. The lowest BCUT2D eigenvalue weighted by atomic mass is 10.2. The zero-order valence-corrected chi connectivity index (χ0v) is 14.7. The molecule has 6 nitrogen and oxygen atoms in total. The second-order valence-electron chi connectivity index (χ2n) is 5.61. The number of amides is 1. The van der Waals surface area contributed by atoms with Gasteiger partial charge in [-0.1, -0.05) is 12.1 Å². The van der Waals surface area contributed by atoms with Gasteiger partial charge in [0.15, 0.2) is 0 Å². The molecule has 0 aromatic heterocycles. The van der Waals surface area contributed by atoms with Crippen molar-refractivity contribution < 1.29 is 14.3 Å². The van der Waals surface area contributed by atoms with E-state index in [9.17, 15) is 9.59 Å². The molecule has 2 rings (SSSR count). The number of nitrogens with zero attached hydrogens (tertiary/aromatic N) is 1. The van der Waals surface area contributed by atoms with E-state index in [2.05, 4.69) is 10.6 Å². The van der Waals surface area contributed by atoms with E-state index in [-0.39, 0.29) is 19.1 Å². The number of anilines is 3. The van der Waals surface area contributed by atoms with Gasteiger partial charge in [-0.15, -0.1) is 0 Å². The summed E-state index contributed by atoms with van der Waals surface area (Å²) >= 11 is 0. The van der Waals surface area contributed by atoms with Crippen LogP contribution < -0.4 is 15.5 Å². The molecule has 0 aliphatic carbocycles. The molecule has 0 fully saturated rings. The number of benzene rings is 2. The third-order valence-electron chi connectivity index (χ3n) is 3.53. The third kappa shape index (κ3) is 5.24. The van der Waals surface area contributed by atoms with Gasteiger partial charge in [0.05, 0.1) is 24.4 Å². The summed E-state index contributed by atoms with van der Waals surface area (Å²) in [4.78, 5) is 26.1. The van der Waals surface area contributed by atoms with Gasteiger partial charge < -0.3 is 20.3 Å². The lowest BCUT2D eigenvalue weighted by Crippen LogP contribution is -2.23. The quantitative estimate of drug-likeness (QED) is 0.758. The fourth-order valence-electron chi connectivity index (χ4n) is 2.23. The molecular weight excluding hydrogens is 318 g/mol. The fourth-order valence-corrected chi connectivity index (χ4v) is 2.23. The SMILES string of the molecule is CCOC(=O)c1ccccc1NC(=O)CNc1ccc(N(C)C)cc1. The average Bonchev–Trinajstić information content (AvgIpc) is 2.61. The molecular formula is C19H23N3O3. The molecule has 0 radical (unpaired) electrons. The Morgan fingerprint density at radius 1 is 1.04 bits per heavy atom. The second kappa shape index (κ2) is 8.73. The third-order valence-corrected chi connectivity index (χ3v) is 3.53. The van der Waals surface area contributed by atoms with Crippen molar-refractivity contribution >= 4 is 28.9 Å². The summed E-state index contributed by atoms with van der Waals surface area (Å²) in [5.74, 6) is -0.695. The number of ether oxygens (including phenoxy) is 1. The highest BCUT2D eigenvalue weighted by atomic mass is 16.5. The molecule has 0 aliphatic heterocycles. The molecule has 25 heavy (non-hydrogen) atoms. The molecule has 0 spiro atoms. The Hall–Kier alpha value is -3.02. The van der Waals surface area contributed by atoms with Gasteiger partial charge in [-0.25, -0.2) is 4.79 Å². The number of hydrogen-bond donors (Lipinski definition) is 2. The number of nitrogens with one attached hydrogen (secondary N) is 2. The molecule has 0 saturated carbocycles. The maximum Gasteiger partial charge on any atom is 0.340 e. The van der Waals surface area contributed by atoms with Gasteiger partial charge in [0.25, 0.3) is 0 Å². The Morgan fingerprint density at radius 2 is 1.72 bits per heavy atom. The van der Waals surface area contributed by atoms with Crippen molar-refractivity contribution in [3.05, 3.63) is 54.1 Å². The molecule has 132 valence electrons. The lowest BCUT2D eigenvalue weighted by molar-refractivity contribution is -0.114. The van der Waals surface area contributed by atoms with Crippen LogP contribution >= 0.6 is 0 Å². The highest BCUT2D eigenvalue weighted by Gasteiger charge is 2.13. The summed E-state index contributed by atoms with van der Waals surface area (Å²) in [7, 11) is 3.94. The number of carbonyl (C=O) groups is 2. The van der Waals surface area contributed by atoms with Gasteiger partial charge >= 0.3 is 5.97 Å². The minimum Gasteiger partial charge on any atom is -0.462 e. The van der Waals surface area contributed by atoms with Gasteiger partial charge in [0.2, 0.25) is 5.91 Å². The zero-order chi connectivity index (χ0) is 18.2. The van der Waals surface area contributed by atoms with Crippen LogP contribution in [0.1, 0.15) is 17.3 Å². The molecule has 2 aromatic carbocycles. The molecule has 2 aromatic rings. The van der Waals surface area contributed by atoms with Crippen LogP contribution in [0.25, 0.3) is 0 Å². The van der Waals surface area contributed by atoms with Crippen LogP contribution in [0.4, 0.5) is 17.1 Å². The monoisotopic (exact) mass is 341 g/mol. The van der Waals surface area contributed by atoms with Gasteiger partial charge in [-0.3, -0.25) is 4.79 Å². The average molecular weight is 341 g/mol. The fraction of sp³-hybridized carbons (Fsp3) is 0.263. The van der Waals surface area contributed by atoms with Crippen molar-refractivity contribution in [2.45, 2.75) is 6.92 Å². The first-order chi connectivity index (χ1) is 12.0. The van der Waals surface area contributed by atoms with Crippen LogP contribution in [0.3, 0.4) is 0 Å². The molecule has 2 N–H and O–H groups in total. The van der Waals surface area contributed by atoms with Crippen LogP contribution in [0.15, 0.2) is 48.5 Å². The highest BCUT2D eigenvalue weighted by molar-refractivity contribution is 6.02. The van der Waals surface area contributed by atoms with E-state index in [1.807, 2.05) is 43.3 Å². The van der Waals surface area contributed by atoms with Gasteiger partial charge in [0.1, 0.15) is 0 Å². The predicted molar refractivity (Wildman–Crippen MR) is 100 cm³/mol. The lowest BCUT2D eigenvalue weighted by Gasteiger charge is -2.14. The van der Waals surface area contributed by atoms with E-state index in [4.69, 9.17) is 4.74 Å². The van der Waals surface area contributed by atoms with Crippen molar-refractivity contribution in [1.29, 1.82) is 0 Å². The Balaban J connectivity index is 1.95. The summed E-state index contributed by atoms with van der Waals surface area (Å²) in [6, 6.07) is 14.5. The molecule has 1 amide bonds. The van der Waals surface area contributed by atoms with E-state index in [1.54, 1.807) is 31.2 Å². The normalized spacial score (nSPS) is 10.0. The van der Waals surface area contributed by atoms with Gasteiger partial charge in [-0.2, -0.15) is 0 Å². The van der Waals surface area contributed by atoms with Crippen molar-refractivity contribution in [2.24, 2.45) is 0 Å². The summed E-state index contributed by atoms with van der Waals surface area (Å²) in [5.41, 5.74) is 2.71. The summed E-state index contributed by atoms with van der Waals surface area (Å²) in [6.45, 7) is 2.12. The van der Waals surface area contributed by atoms with Crippen molar-refractivity contribution in [3.8, 4) is 0 Å². The standard InChI is InChI=1S/C19H23N3O3/c1-4-25-19(24)16-7-5-6-8-17(16)21-18(23)13-20-14-9-11-15(12-10-14)22(2)3/h5-12,20H,4,13H2,1-3H3,(H,21,23). The maximum atomic E-state index is 12.2. The van der Waals surface area contributed by atoms with E-state index >= 15 is 0 Å². The number of para-hydroxylation sites is 1. The van der Waals surface area contributed by atoms with Crippen molar-refractivity contribution in [1.82, 2.24) is 0 Å². The highest BCUT2D eigenvalue weighted by Crippen LogP contribution is 2.17. The van der Waals surface area contributed by atoms with Crippen LogP contribution in [0, 0.1) is 0 Å². The smallest absolute Gasteiger partial charge is 0.340 e. The molecule has 0 bridgehead atoms. The largest absolute Gasteiger partial charge is 0.462 e. The van der Waals surface area contributed by atoms with E-state index in [1.165, 1.54) is 0 Å². The minimum atomic E-state index is -0.453. The number of hydrogen-bond acceptors (Lipinski definition) is 5. The van der Waals surface area contributed by atoms with Crippen LogP contribution in [0.5, 0.6) is 0 Å². The molecule has 0 aliphatic rings. The molecule has 0 unspecified atom stereocenters. The summed E-state index contributed by atoms with van der Waals surface area (Å²) < 4.78 is 5.00. The molecule has 0 atom stereocenters. The number of carbonyl (C=O) groups excluding carboxylic acids is 2. The van der Waals surface area contributed by atoms with Crippen molar-refractivity contribution in [3.63, 3.8) is 0 Å². The second-order valence-corrected chi connectivity index (χ2v) is 5.61. The first-order valence-electron chi connectivity index (χ1n) is 8.08. The Labute approximate surface area is 147 Å². The first kappa shape index (κ1) is 18.3. The molecule has 0 heterocycles. The van der Waals surface area contributed by atoms with Crippen LogP contribution in [0.2, 0.25) is 0 Å². The Bertz CT molecular complexity index is 727. The summed E-state index contributed by atoms with van der Waals surface area (Å²) in [6.07, 6.45) is 0. The predicted octanol–water partition coefficient (Wildman–Crippen LogP) is 2.98. The van der Waals surface area contributed by atoms with Crippen LogP contribution in [-0.4, -0.2) is 39.1 Å².